The summed E-state index contributed by atoms with van der Waals surface area (Å²) in [7, 11) is -3.57. The van der Waals surface area contributed by atoms with Crippen LogP contribution in [0.5, 0.6) is 0 Å². The Morgan fingerprint density at radius 3 is 2.42 bits per heavy atom. The summed E-state index contributed by atoms with van der Waals surface area (Å²) in [5.41, 5.74) is 2.73. The maximum atomic E-state index is 12.7. The fraction of sp³-hybridized carbons (Fsp3) is 0.520. The van der Waals surface area contributed by atoms with E-state index in [1.807, 2.05) is 31.2 Å². The Hall–Kier alpha value is -1.89. The van der Waals surface area contributed by atoms with Gasteiger partial charge in [-0.05, 0) is 101 Å². The summed E-state index contributed by atoms with van der Waals surface area (Å²) in [6.07, 6.45) is 7.62. The number of piperidine rings is 2. The summed E-state index contributed by atoms with van der Waals surface area (Å²) in [4.78, 5) is 5.57. The van der Waals surface area contributed by atoms with Gasteiger partial charge < -0.3 is 9.80 Å². The average molecular weight is 442 g/mol. The first kappa shape index (κ1) is 22.3. The Labute approximate surface area is 187 Å². The van der Waals surface area contributed by atoms with Gasteiger partial charge in [0.05, 0.1) is 4.90 Å². The molecule has 31 heavy (non-hydrogen) atoms. The normalized spacial score (nSPS) is 19.4. The molecule has 0 aliphatic carbocycles. The first-order chi connectivity index (χ1) is 15.0. The van der Waals surface area contributed by atoms with Crippen molar-refractivity contribution in [2.75, 3.05) is 37.4 Å². The van der Waals surface area contributed by atoms with Crippen molar-refractivity contribution in [3.8, 4) is 0 Å². The molecule has 0 saturated carbocycles. The van der Waals surface area contributed by atoms with Gasteiger partial charge in [0.25, 0.3) is 10.0 Å². The van der Waals surface area contributed by atoms with Crippen LogP contribution in [0.25, 0.3) is 0 Å². The van der Waals surface area contributed by atoms with Crippen molar-refractivity contribution in [1.29, 1.82) is 0 Å². The van der Waals surface area contributed by atoms with Crippen molar-refractivity contribution < 1.29 is 8.42 Å². The highest BCUT2D eigenvalue weighted by molar-refractivity contribution is 7.92. The molecule has 0 aromatic heterocycles. The van der Waals surface area contributed by atoms with Crippen molar-refractivity contribution in [2.24, 2.45) is 0 Å². The van der Waals surface area contributed by atoms with E-state index in [9.17, 15) is 8.42 Å². The summed E-state index contributed by atoms with van der Waals surface area (Å²) in [5.74, 6) is 0. The molecular weight excluding hydrogens is 406 g/mol. The smallest absolute Gasteiger partial charge is 0.261 e. The van der Waals surface area contributed by atoms with Crippen molar-refractivity contribution in [1.82, 2.24) is 9.80 Å². The molecule has 2 aliphatic heterocycles. The lowest BCUT2D eigenvalue weighted by Crippen LogP contribution is -2.47. The third-order valence-corrected chi connectivity index (χ3v) is 8.04. The highest BCUT2D eigenvalue weighted by Crippen LogP contribution is 2.22. The molecule has 2 saturated heterocycles. The molecule has 0 radical (unpaired) electrons. The molecule has 2 fully saturated rings. The Balaban J connectivity index is 1.29. The molecule has 5 nitrogen and oxygen atoms in total. The van der Waals surface area contributed by atoms with E-state index < -0.39 is 10.0 Å². The quantitative estimate of drug-likeness (QED) is 0.696. The van der Waals surface area contributed by atoms with Crippen molar-refractivity contribution >= 4 is 15.7 Å². The van der Waals surface area contributed by atoms with E-state index in [2.05, 4.69) is 20.6 Å². The summed E-state index contributed by atoms with van der Waals surface area (Å²) in [5, 5.41) is 0. The number of aryl methyl sites for hydroxylation is 1. The summed E-state index contributed by atoms with van der Waals surface area (Å²) in [6, 6.07) is 15.6. The second kappa shape index (κ2) is 10.2. The van der Waals surface area contributed by atoms with Crippen LogP contribution in [-0.2, 0) is 16.4 Å². The molecule has 0 atom stereocenters. The number of anilines is 1. The highest BCUT2D eigenvalue weighted by atomic mass is 32.2. The zero-order chi connectivity index (χ0) is 21.7. The van der Waals surface area contributed by atoms with Gasteiger partial charge in [-0.2, -0.15) is 0 Å². The van der Waals surface area contributed by atoms with E-state index in [-0.39, 0.29) is 0 Å². The van der Waals surface area contributed by atoms with Crippen LogP contribution in [0.3, 0.4) is 0 Å². The molecule has 2 heterocycles. The molecule has 0 bridgehead atoms. The topological polar surface area (TPSA) is 52.7 Å². The van der Waals surface area contributed by atoms with Crippen LogP contribution in [0, 0.1) is 6.92 Å². The third kappa shape index (κ3) is 6.09. The van der Waals surface area contributed by atoms with Crippen LogP contribution in [0.2, 0.25) is 0 Å². The number of rotatable bonds is 7. The zero-order valence-electron chi connectivity index (χ0n) is 18.6. The van der Waals surface area contributed by atoms with Crippen molar-refractivity contribution in [2.45, 2.75) is 56.4 Å². The van der Waals surface area contributed by atoms with Gasteiger partial charge in [0.1, 0.15) is 0 Å². The van der Waals surface area contributed by atoms with E-state index >= 15 is 0 Å². The molecule has 2 aliphatic rings. The number of benzene rings is 2. The number of nitrogens with one attached hydrogen (secondary N) is 1. The van der Waals surface area contributed by atoms with E-state index in [0.29, 0.717) is 10.6 Å². The number of nitrogens with zero attached hydrogens (tertiary/aromatic N) is 2. The first-order valence-electron chi connectivity index (χ1n) is 11.6. The van der Waals surface area contributed by atoms with E-state index in [1.54, 1.807) is 18.2 Å². The summed E-state index contributed by atoms with van der Waals surface area (Å²) >= 11 is 0. The molecule has 0 amide bonds. The Kier molecular flexibility index (Phi) is 7.31. The number of sulfonamides is 1. The Morgan fingerprint density at radius 2 is 1.68 bits per heavy atom. The molecule has 0 spiro atoms. The molecule has 0 unspecified atom stereocenters. The molecule has 2 aromatic carbocycles. The van der Waals surface area contributed by atoms with Crippen LogP contribution in [-0.4, -0.2) is 57.0 Å². The number of likely N-dealkylation sites (tertiary alicyclic amines) is 2. The number of hydrogen-bond donors (Lipinski definition) is 1. The largest absolute Gasteiger partial charge is 0.303 e. The summed E-state index contributed by atoms with van der Waals surface area (Å²) in [6.45, 7) is 7.84. The molecule has 1 N–H and O–H groups in total. The lowest BCUT2D eigenvalue weighted by molar-refractivity contribution is 0.0931. The maximum absolute atomic E-state index is 12.7. The lowest BCUT2D eigenvalue weighted by Gasteiger charge is -2.40. The minimum atomic E-state index is -3.57. The van der Waals surface area contributed by atoms with E-state index in [0.717, 1.165) is 24.6 Å². The monoisotopic (exact) mass is 441 g/mol. The van der Waals surface area contributed by atoms with Crippen molar-refractivity contribution in [3.05, 3.63) is 59.7 Å². The summed E-state index contributed by atoms with van der Waals surface area (Å²) < 4.78 is 28.2. The minimum absolute atomic E-state index is 0.300. The lowest BCUT2D eigenvalue weighted by atomic mass is 9.99. The average Bonchev–Trinajstić information content (AvgIpc) is 2.79. The minimum Gasteiger partial charge on any atom is -0.303 e. The van der Waals surface area contributed by atoms with Gasteiger partial charge in [0, 0.05) is 18.3 Å². The second-order valence-corrected chi connectivity index (χ2v) is 10.7. The van der Waals surface area contributed by atoms with Gasteiger partial charge >= 0.3 is 0 Å². The fourth-order valence-electron chi connectivity index (χ4n) is 4.87. The second-order valence-electron chi connectivity index (χ2n) is 9.04. The highest BCUT2D eigenvalue weighted by Gasteiger charge is 2.25. The van der Waals surface area contributed by atoms with E-state index in [1.165, 1.54) is 63.8 Å². The van der Waals surface area contributed by atoms with Crippen LogP contribution in [0.1, 0.15) is 43.2 Å². The maximum Gasteiger partial charge on any atom is 0.261 e. The van der Waals surface area contributed by atoms with Gasteiger partial charge in [0.2, 0.25) is 0 Å². The molecule has 4 rings (SSSR count). The molecule has 168 valence electrons. The van der Waals surface area contributed by atoms with Gasteiger partial charge in [0.15, 0.2) is 0 Å². The molecule has 6 heteroatoms. The van der Waals surface area contributed by atoms with Gasteiger partial charge in [-0.25, -0.2) is 8.42 Å². The van der Waals surface area contributed by atoms with Crippen LogP contribution < -0.4 is 4.72 Å². The molecular formula is C25H35N3O2S. The first-order valence-corrected chi connectivity index (χ1v) is 13.1. The number of hydrogen-bond acceptors (Lipinski definition) is 4. The fourth-order valence-corrected chi connectivity index (χ4v) is 6.02. The van der Waals surface area contributed by atoms with Crippen LogP contribution in [0.4, 0.5) is 5.69 Å². The van der Waals surface area contributed by atoms with Crippen molar-refractivity contribution in [3.63, 3.8) is 0 Å². The Morgan fingerprint density at radius 1 is 0.935 bits per heavy atom. The van der Waals surface area contributed by atoms with Gasteiger partial charge in [-0.15, -0.1) is 0 Å². The predicted octanol–water partition coefficient (Wildman–Crippen LogP) is 4.29. The molecule has 2 aromatic rings. The third-order valence-electron chi connectivity index (χ3n) is 6.66. The zero-order valence-corrected chi connectivity index (χ0v) is 19.4. The SMILES string of the molecule is Cc1cccc(S(=O)(=O)Nc2cccc(CCN3CCC(N4CCCCC4)CC3)c2)c1. The standard InChI is InChI=1S/C25H35N3O2S/c1-21-7-5-10-25(19-21)31(29,30)26-23-9-6-8-22(20-23)11-16-27-17-12-24(13-18-27)28-14-3-2-4-15-28/h5-10,19-20,24,26H,2-4,11-18H2,1H3. The van der Waals surface area contributed by atoms with Crippen LogP contribution >= 0.6 is 0 Å². The van der Waals surface area contributed by atoms with Gasteiger partial charge in [-0.1, -0.05) is 30.7 Å². The predicted molar refractivity (Wildman–Crippen MR) is 127 cm³/mol. The van der Waals surface area contributed by atoms with Gasteiger partial charge in [-0.3, -0.25) is 4.72 Å². The van der Waals surface area contributed by atoms with Crippen LogP contribution in [0.15, 0.2) is 53.4 Å². The van der Waals surface area contributed by atoms with E-state index in [4.69, 9.17) is 0 Å². The Bertz CT molecular complexity index is 962.